The summed E-state index contributed by atoms with van der Waals surface area (Å²) in [5, 5.41) is 1.18. The molecule has 2 heterocycles. The summed E-state index contributed by atoms with van der Waals surface area (Å²) < 4.78 is 5.86. The number of aromatic nitrogens is 1. The Morgan fingerprint density at radius 2 is 1.64 bits per heavy atom. The molecule has 0 aliphatic rings. The van der Waals surface area contributed by atoms with Crippen LogP contribution < -0.4 is 5.43 Å². The van der Waals surface area contributed by atoms with Gasteiger partial charge < -0.3 is 4.42 Å². The molecule has 4 rings (SSSR count). The highest BCUT2D eigenvalue weighted by Gasteiger charge is 2.14. The Hall–Kier alpha value is -2.94. The van der Waals surface area contributed by atoms with Crippen LogP contribution in [0.4, 0.5) is 0 Å². The number of hydrogen-bond acceptors (Lipinski definition) is 3. The average molecular weight is 329 g/mol. The van der Waals surface area contributed by atoms with Crippen molar-refractivity contribution in [3.63, 3.8) is 0 Å². The van der Waals surface area contributed by atoms with Gasteiger partial charge in [0.1, 0.15) is 11.2 Å². The van der Waals surface area contributed by atoms with E-state index in [9.17, 15) is 4.79 Å². The number of nitrogens with zero attached hydrogens (tertiary/aromatic N) is 1. The molecule has 3 nitrogen and oxygen atoms in total. The monoisotopic (exact) mass is 329 g/mol. The third-order valence-corrected chi connectivity index (χ3v) is 4.50. The van der Waals surface area contributed by atoms with E-state index >= 15 is 0 Å². The van der Waals surface area contributed by atoms with E-state index in [0.717, 1.165) is 11.3 Å². The summed E-state index contributed by atoms with van der Waals surface area (Å²) in [5.41, 5.74) is 4.21. The fourth-order valence-corrected chi connectivity index (χ4v) is 2.97. The quantitative estimate of drug-likeness (QED) is 0.445. The van der Waals surface area contributed by atoms with Crippen molar-refractivity contribution in [2.75, 3.05) is 0 Å². The highest BCUT2D eigenvalue weighted by atomic mass is 16.3. The lowest BCUT2D eigenvalue weighted by molar-refractivity contribution is 0.587. The molecule has 0 N–H and O–H groups in total. The van der Waals surface area contributed by atoms with Crippen molar-refractivity contribution < 1.29 is 4.42 Å². The second kappa shape index (κ2) is 5.55. The van der Waals surface area contributed by atoms with Gasteiger partial charge in [0.2, 0.25) is 5.43 Å². The van der Waals surface area contributed by atoms with E-state index in [1.54, 1.807) is 6.07 Å². The van der Waals surface area contributed by atoms with Crippen LogP contribution in [0.3, 0.4) is 0 Å². The molecule has 0 unspecified atom stereocenters. The van der Waals surface area contributed by atoms with Crippen LogP contribution >= 0.6 is 0 Å². The van der Waals surface area contributed by atoms with E-state index in [2.05, 4.69) is 31.8 Å². The van der Waals surface area contributed by atoms with E-state index in [1.807, 2.05) is 48.7 Å². The summed E-state index contributed by atoms with van der Waals surface area (Å²) in [6.07, 6.45) is 1.91. The zero-order valence-electron chi connectivity index (χ0n) is 14.5. The topological polar surface area (TPSA) is 43.1 Å². The maximum atomic E-state index is 12.8. The minimum Gasteiger partial charge on any atom is -0.456 e. The highest BCUT2D eigenvalue weighted by Crippen LogP contribution is 2.26. The van der Waals surface area contributed by atoms with E-state index in [4.69, 9.17) is 4.42 Å². The summed E-state index contributed by atoms with van der Waals surface area (Å²) in [5.74, 6) is 0. The summed E-state index contributed by atoms with van der Waals surface area (Å²) in [7, 11) is 0. The lowest BCUT2D eigenvalue weighted by atomic mass is 9.88. The van der Waals surface area contributed by atoms with Gasteiger partial charge >= 0.3 is 0 Å². The Labute approximate surface area is 145 Å². The van der Waals surface area contributed by atoms with Gasteiger partial charge in [-0.15, -0.1) is 0 Å². The molecule has 2 aromatic carbocycles. The fourth-order valence-electron chi connectivity index (χ4n) is 2.97. The second-order valence-corrected chi connectivity index (χ2v) is 7.32. The predicted octanol–water partition coefficient (Wildman–Crippen LogP) is 5.31. The van der Waals surface area contributed by atoms with Gasteiger partial charge in [-0.2, -0.15) is 0 Å². The molecule has 0 radical (unpaired) electrons. The summed E-state index contributed by atoms with van der Waals surface area (Å²) in [6.45, 7) is 6.49. The lowest BCUT2D eigenvalue weighted by Gasteiger charge is -2.18. The lowest BCUT2D eigenvalue weighted by Crippen LogP contribution is -2.11. The van der Waals surface area contributed by atoms with Crippen LogP contribution in [0.1, 0.15) is 26.3 Å². The number of hydrogen-bond donors (Lipinski definition) is 0. The van der Waals surface area contributed by atoms with Crippen molar-refractivity contribution in [1.29, 1.82) is 0 Å². The Bertz CT molecular complexity index is 1130. The van der Waals surface area contributed by atoms with Crippen molar-refractivity contribution >= 4 is 21.9 Å². The van der Waals surface area contributed by atoms with Crippen LogP contribution in [-0.2, 0) is 5.41 Å². The molecule has 0 spiro atoms. The first-order valence-corrected chi connectivity index (χ1v) is 8.36. The summed E-state index contributed by atoms with van der Waals surface area (Å²) in [6, 6.07) is 17.1. The van der Waals surface area contributed by atoms with Crippen molar-refractivity contribution in [3.05, 3.63) is 76.6 Å². The van der Waals surface area contributed by atoms with Crippen LogP contribution in [0.25, 0.3) is 33.2 Å². The molecule has 124 valence electrons. The van der Waals surface area contributed by atoms with Crippen LogP contribution in [0.15, 0.2) is 70.0 Å². The normalized spacial score (nSPS) is 12.0. The van der Waals surface area contributed by atoms with Gasteiger partial charge in [0.25, 0.3) is 0 Å². The molecule has 3 heteroatoms. The third-order valence-electron chi connectivity index (χ3n) is 4.50. The molecule has 0 amide bonds. The molecule has 0 fully saturated rings. The number of pyridine rings is 1. The average Bonchev–Trinajstić information content (AvgIpc) is 2.61. The number of rotatable bonds is 1. The molecular weight excluding hydrogens is 310 g/mol. The summed E-state index contributed by atoms with van der Waals surface area (Å²) in [4.78, 5) is 17.4. The zero-order chi connectivity index (χ0) is 17.6. The minimum atomic E-state index is -0.00925. The SMILES string of the molecule is CC(C)(C)c1ccc(-c2ccc3oc4ccccc4c(=O)c3c2)nc1. The first-order valence-electron chi connectivity index (χ1n) is 8.36. The second-order valence-electron chi connectivity index (χ2n) is 7.32. The van der Waals surface area contributed by atoms with Gasteiger partial charge in [0.05, 0.1) is 16.5 Å². The molecule has 0 bridgehead atoms. The first-order chi connectivity index (χ1) is 11.9. The highest BCUT2D eigenvalue weighted by molar-refractivity contribution is 5.91. The maximum Gasteiger partial charge on any atom is 0.200 e. The largest absolute Gasteiger partial charge is 0.456 e. The van der Waals surface area contributed by atoms with Crippen LogP contribution in [-0.4, -0.2) is 4.98 Å². The molecule has 0 saturated carbocycles. The standard InChI is InChI=1S/C22H19NO2/c1-22(2,3)15-9-10-18(23-13-15)14-8-11-20-17(12-14)21(24)16-6-4-5-7-19(16)25-20/h4-13H,1-3H3. The van der Waals surface area contributed by atoms with Crippen LogP contribution in [0, 0.1) is 0 Å². The molecule has 2 aromatic heterocycles. The van der Waals surface area contributed by atoms with Gasteiger partial charge in [-0.05, 0) is 47.4 Å². The minimum absolute atomic E-state index is 0.00925. The Balaban J connectivity index is 1.87. The van der Waals surface area contributed by atoms with Gasteiger partial charge in [-0.1, -0.05) is 39.0 Å². The fraction of sp³-hybridized carbons (Fsp3) is 0.182. The molecule has 4 aromatic rings. The Kier molecular flexibility index (Phi) is 3.46. The van der Waals surface area contributed by atoms with Gasteiger partial charge in [-0.25, -0.2) is 0 Å². The third kappa shape index (κ3) is 2.72. The molecule has 0 aliphatic carbocycles. The van der Waals surface area contributed by atoms with Crippen molar-refractivity contribution in [2.45, 2.75) is 26.2 Å². The van der Waals surface area contributed by atoms with Gasteiger partial charge in [0.15, 0.2) is 0 Å². The van der Waals surface area contributed by atoms with Crippen molar-refractivity contribution in [1.82, 2.24) is 4.98 Å². The molecule has 0 atom stereocenters. The number of fused-ring (bicyclic) bond motifs is 2. The molecule has 0 saturated heterocycles. The van der Waals surface area contributed by atoms with E-state index < -0.39 is 0 Å². The molecule has 0 aliphatic heterocycles. The van der Waals surface area contributed by atoms with E-state index in [0.29, 0.717) is 21.9 Å². The smallest absolute Gasteiger partial charge is 0.200 e. The van der Waals surface area contributed by atoms with E-state index in [-0.39, 0.29) is 10.8 Å². The van der Waals surface area contributed by atoms with Crippen molar-refractivity contribution in [3.8, 4) is 11.3 Å². The van der Waals surface area contributed by atoms with Crippen molar-refractivity contribution in [2.24, 2.45) is 0 Å². The number of benzene rings is 2. The van der Waals surface area contributed by atoms with Gasteiger partial charge in [-0.3, -0.25) is 9.78 Å². The summed E-state index contributed by atoms with van der Waals surface area (Å²) >= 11 is 0. The van der Waals surface area contributed by atoms with Crippen LogP contribution in [0.2, 0.25) is 0 Å². The first kappa shape index (κ1) is 15.6. The van der Waals surface area contributed by atoms with Gasteiger partial charge in [0, 0.05) is 11.8 Å². The maximum absolute atomic E-state index is 12.8. The molecular formula is C22H19NO2. The Morgan fingerprint density at radius 3 is 2.36 bits per heavy atom. The Morgan fingerprint density at radius 1 is 0.880 bits per heavy atom. The zero-order valence-corrected chi connectivity index (χ0v) is 14.5. The number of para-hydroxylation sites is 1. The van der Waals surface area contributed by atoms with Crippen LogP contribution in [0.5, 0.6) is 0 Å². The molecule has 25 heavy (non-hydrogen) atoms. The predicted molar refractivity (Wildman–Crippen MR) is 102 cm³/mol. The van der Waals surface area contributed by atoms with E-state index in [1.165, 1.54) is 5.56 Å².